The predicted molar refractivity (Wildman–Crippen MR) is 95.9 cm³/mol. The highest BCUT2D eigenvalue weighted by Crippen LogP contribution is 2.19. The number of hydrogen-bond donors (Lipinski definition) is 1. The average molecular weight is 389 g/mol. The van der Waals surface area contributed by atoms with Gasteiger partial charge in [0.25, 0.3) is 10.0 Å². The highest BCUT2D eigenvalue weighted by Gasteiger charge is 2.24. The molecule has 0 aliphatic carbocycles. The molecule has 2 aromatic rings. The van der Waals surface area contributed by atoms with Gasteiger partial charge in [0.05, 0.1) is 5.75 Å². The standard InChI is InChI=1S/C15H20N2O4S3/c1-13(14-7-4-3-5-8-14)16-23(18,19)12-10-17(2)24(20,21)15-9-6-11-22-15/h3-9,11,13,16H,10,12H2,1-2H3/t13-/m0/s1. The smallest absolute Gasteiger partial charge is 0.212 e. The molecule has 132 valence electrons. The van der Waals surface area contributed by atoms with E-state index < -0.39 is 20.0 Å². The van der Waals surface area contributed by atoms with Crippen molar-refractivity contribution in [1.29, 1.82) is 0 Å². The van der Waals surface area contributed by atoms with Crippen LogP contribution in [0.5, 0.6) is 0 Å². The molecule has 0 fully saturated rings. The topological polar surface area (TPSA) is 83.6 Å². The number of sulfonamides is 2. The third-order valence-corrected chi connectivity index (χ3v) is 8.15. The van der Waals surface area contributed by atoms with E-state index in [2.05, 4.69) is 4.72 Å². The summed E-state index contributed by atoms with van der Waals surface area (Å²) in [6.07, 6.45) is 0. The van der Waals surface area contributed by atoms with Gasteiger partial charge in [0.1, 0.15) is 4.21 Å². The maximum atomic E-state index is 12.3. The van der Waals surface area contributed by atoms with Crippen LogP contribution >= 0.6 is 11.3 Å². The first-order valence-electron chi connectivity index (χ1n) is 7.27. The molecule has 0 unspecified atom stereocenters. The van der Waals surface area contributed by atoms with Crippen LogP contribution < -0.4 is 4.72 Å². The first-order valence-corrected chi connectivity index (χ1v) is 11.2. The molecule has 0 saturated carbocycles. The van der Waals surface area contributed by atoms with Crippen LogP contribution in [0, 0.1) is 0 Å². The molecule has 6 nitrogen and oxygen atoms in total. The Morgan fingerprint density at radius 1 is 1.08 bits per heavy atom. The average Bonchev–Trinajstić information content (AvgIpc) is 3.08. The van der Waals surface area contributed by atoms with Crippen LogP contribution in [0.25, 0.3) is 0 Å². The Morgan fingerprint density at radius 3 is 2.33 bits per heavy atom. The van der Waals surface area contributed by atoms with Crippen molar-refractivity contribution in [1.82, 2.24) is 9.03 Å². The van der Waals surface area contributed by atoms with E-state index in [1.54, 1.807) is 18.4 Å². The molecule has 1 N–H and O–H groups in total. The maximum Gasteiger partial charge on any atom is 0.252 e. The fourth-order valence-electron chi connectivity index (χ4n) is 2.07. The Balaban J connectivity index is 1.97. The SMILES string of the molecule is C[C@H](NS(=O)(=O)CCN(C)S(=O)(=O)c1cccs1)c1ccccc1. The molecule has 0 radical (unpaired) electrons. The summed E-state index contributed by atoms with van der Waals surface area (Å²) in [5.74, 6) is -0.300. The van der Waals surface area contributed by atoms with Crippen LogP contribution in [0.3, 0.4) is 0 Å². The molecule has 24 heavy (non-hydrogen) atoms. The van der Waals surface area contributed by atoms with E-state index in [1.165, 1.54) is 13.1 Å². The van der Waals surface area contributed by atoms with Gasteiger partial charge in [-0.2, -0.15) is 4.31 Å². The van der Waals surface area contributed by atoms with E-state index in [4.69, 9.17) is 0 Å². The second-order valence-corrected chi connectivity index (χ2v) is 10.4. The summed E-state index contributed by atoms with van der Waals surface area (Å²) in [7, 11) is -5.86. The zero-order valence-electron chi connectivity index (χ0n) is 13.4. The fourth-order valence-corrected chi connectivity index (χ4v) is 5.87. The van der Waals surface area contributed by atoms with E-state index in [1.807, 2.05) is 30.3 Å². The summed E-state index contributed by atoms with van der Waals surface area (Å²) in [5.41, 5.74) is 0.848. The van der Waals surface area contributed by atoms with E-state index in [-0.39, 0.29) is 22.5 Å². The Kier molecular flexibility index (Phi) is 6.16. The zero-order chi connectivity index (χ0) is 17.8. The monoisotopic (exact) mass is 388 g/mol. The molecule has 2 rings (SSSR count). The van der Waals surface area contributed by atoms with E-state index >= 15 is 0 Å². The third kappa shape index (κ3) is 4.87. The number of nitrogens with one attached hydrogen (secondary N) is 1. The normalized spacial score (nSPS) is 14.0. The number of rotatable bonds is 8. The molecular weight excluding hydrogens is 368 g/mol. The Labute approximate surface area is 147 Å². The Morgan fingerprint density at radius 2 is 1.75 bits per heavy atom. The van der Waals surface area contributed by atoms with E-state index in [9.17, 15) is 16.8 Å². The van der Waals surface area contributed by atoms with Crippen molar-refractivity contribution in [3.63, 3.8) is 0 Å². The first kappa shape index (κ1) is 19.1. The van der Waals surface area contributed by atoms with Crippen LogP contribution in [0.15, 0.2) is 52.1 Å². The molecular formula is C15H20N2O4S3. The highest BCUT2D eigenvalue weighted by atomic mass is 32.2. The molecule has 9 heteroatoms. The molecule has 0 aliphatic rings. The minimum Gasteiger partial charge on any atom is -0.212 e. The molecule has 1 aromatic carbocycles. The van der Waals surface area contributed by atoms with E-state index in [0.29, 0.717) is 0 Å². The minimum atomic E-state index is -3.64. The summed E-state index contributed by atoms with van der Waals surface area (Å²) >= 11 is 1.10. The number of hydrogen-bond acceptors (Lipinski definition) is 5. The van der Waals surface area contributed by atoms with Crippen LogP contribution in [-0.4, -0.2) is 40.5 Å². The van der Waals surface area contributed by atoms with Crippen LogP contribution in [-0.2, 0) is 20.0 Å². The molecule has 1 atom stereocenters. The van der Waals surface area contributed by atoms with Crippen molar-refractivity contribution in [2.75, 3.05) is 19.3 Å². The summed E-state index contributed by atoms with van der Waals surface area (Å²) in [5, 5.41) is 1.67. The molecule has 0 saturated heterocycles. The van der Waals surface area contributed by atoms with Gasteiger partial charge < -0.3 is 0 Å². The van der Waals surface area contributed by atoms with Gasteiger partial charge in [-0.05, 0) is 23.9 Å². The van der Waals surface area contributed by atoms with Crippen molar-refractivity contribution < 1.29 is 16.8 Å². The van der Waals surface area contributed by atoms with Crippen molar-refractivity contribution >= 4 is 31.4 Å². The molecule has 0 aliphatic heterocycles. The first-order chi connectivity index (χ1) is 11.2. The van der Waals surface area contributed by atoms with Crippen molar-refractivity contribution in [2.24, 2.45) is 0 Å². The van der Waals surface area contributed by atoms with Gasteiger partial charge >= 0.3 is 0 Å². The van der Waals surface area contributed by atoms with Crippen molar-refractivity contribution in [2.45, 2.75) is 17.2 Å². The highest BCUT2D eigenvalue weighted by molar-refractivity contribution is 7.91. The van der Waals surface area contributed by atoms with Gasteiger partial charge in [-0.25, -0.2) is 21.6 Å². The van der Waals surface area contributed by atoms with Gasteiger partial charge in [-0.15, -0.1) is 11.3 Å². The lowest BCUT2D eigenvalue weighted by atomic mass is 10.1. The lowest BCUT2D eigenvalue weighted by Crippen LogP contribution is -2.36. The van der Waals surface area contributed by atoms with Crippen molar-refractivity contribution in [3.05, 3.63) is 53.4 Å². The number of benzene rings is 1. The summed E-state index contributed by atoms with van der Waals surface area (Å²) in [6.45, 7) is 1.63. The number of thiophene rings is 1. The zero-order valence-corrected chi connectivity index (χ0v) is 15.9. The summed E-state index contributed by atoms with van der Waals surface area (Å²) < 4.78 is 52.8. The quantitative estimate of drug-likeness (QED) is 0.750. The summed E-state index contributed by atoms with van der Waals surface area (Å²) in [6, 6.07) is 12.0. The molecule has 0 spiro atoms. The summed E-state index contributed by atoms with van der Waals surface area (Å²) in [4.78, 5) is 0. The molecule has 1 aromatic heterocycles. The molecule has 0 amide bonds. The lowest BCUT2D eigenvalue weighted by molar-refractivity contribution is 0.484. The van der Waals surface area contributed by atoms with E-state index in [0.717, 1.165) is 21.2 Å². The molecule has 0 bridgehead atoms. The van der Waals surface area contributed by atoms with Crippen LogP contribution in [0.4, 0.5) is 0 Å². The Bertz CT molecular complexity index is 847. The predicted octanol–water partition coefficient (Wildman–Crippen LogP) is 2.05. The second-order valence-electron chi connectivity index (χ2n) is 5.33. The van der Waals surface area contributed by atoms with Crippen molar-refractivity contribution in [3.8, 4) is 0 Å². The maximum absolute atomic E-state index is 12.3. The van der Waals surface area contributed by atoms with Crippen LogP contribution in [0.2, 0.25) is 0 Å². The Hall–Kier alpha value is -1.26. The second kappa shape index (κ2) is 7.75. The van der Waals surface area contributed by atoms with Gasteiger partial charge in [0, 0.05) is 19.6 Å². The third-order valence-electron chi connectivity index (χ3n) is 3.49. The van der Waals surface area contributed by atoms with Gasteiger partial charge in [0.15, 0.2) is 0 Å². The fraction of sp³-hybridized carbons (Fsp3) is 0.333. The molecule has 1 heterocycles. The van der Waals surface area contributed by atoms with Gasteiger partial charge in [0.2, 0.25) is 10.0 Å². The largest absolute Gasteiger partial charge is 0.252 e. The minimum absolute atomic E-state index is 0.114. The van der Waals surface area contributed by atoms with Gasteiger partial charge in [-0.3, -0.25) is 0 Å². The van der Waals surface area contributed by atoms with Gasteiger partial charge in [-0.1, -0.05) is 36.4 Å². The van der Waals surface area contributed by atoms with Crippen LogP contribution in [0.1, 0.15) is 18.5 Å². The number of nitrogens with zero attached hydrogens (tertiary/aromatic N) is 1. The lowest BCUT2D eigenvalue weighted by Gasteiger charge is -2.18.